The standard InChI is InChI=1S/C14H16Cl2N2O/c1-14(2,3)17-7-9-8-19-13(18-9)10-5-4-6-11(15)12(10)16/h4-6,8,17H,7H2,1-3H3. The van der Waals surface area contributed by atoms with Gasteiger partial charge in [0.05, 0.1) is 21.3 Å². The topological polar surface area (TPSA) is 38.1 Å². The Bertz CT molecular complexity index is 573. The van der Waals surface area contributed by atoms with Crippen LogP contribution in [-0.4, -0.2) is 10.5 Å². The smallest absolute Gasteiger partial charge is 0.227 e. The minimum atomic E-state index is 0.0345. The highest BCUT2D eigenvalue weighted by atomic mass is 35.5. The van der Waals surface area contributed by atoms with Crippen molar-refractivity contribution >= 4 is 23.2 Å². The number of halogens is 2. The molecule has 0 aliphatic rings. The van der Waals surface area contributed by atoms with Gasteiger partial charge >= 0.3 is 0 Å². The van der Waals surface area contributed by atoms with E-state index in [0.29, 0.717) is 28.0 Å². The molecule has 0 radical (unpaired) electrons. The summed E-state index contributed by atoms with van der Waals surface area (Å²) in [6.07, 6.45) is 1.63. The number of benzene rings is 1. The highest BCUT2D eigenvalue weighted by Crippen LogP contribution is 2.32. The lowest BCUT2D eigenvalue weighted by atomic mass is 10.1. The molecule has 0 bridgehead atoms. The maximum Gasteiger partial charge on any atom is 0.227 e. The number of nitrogens with zero attached hydrogens (tertiary/aromatic N) is 1. The normalized spacial score (nSPS) is 11.8. The lowest BCUT2D eigenvalue weighted by Crippen LogP contribution is -2.35. The van der Waals surface area contributed by atoms with E-state index in [0.717, 1.165) is 5.69 Å². The molecule has 2 rings (SSSR count). The van der Waals surface area contributed by atoms with Crippen LogP contribution in [0.15, 0.2) is 28.9 Å². The first-order valence-corrected chi connectivity index (χ1v) is 6.76. The molecular formula is C14H16Cl2N2O. The summed E-state index contributed by atoms with van der Waals surface area (Å²) in [6, 6.07) is 5.39. The van der Waals surface area contributed by atoms with Crippen LogP contribution in [0.3, 0.4) is 0 Å². The molecular weight excluding hydrogens is 283 g/mol. The first-order valence-electron chi connectivity index (χ1n) is 6.00. The van der Waals surface area contributed by atoms with Gasteiger partial charge in [-0.1, -0.05) is 29.3 Å². The van der Waals surface area contributed by atoms with Gasteiger partial charge < -0.3 is 9.73 Å². The Labute approximate surface area is 122 Å². The van der Waals surface area contributed by atoms with Crippen LogP contribution in [0.2, 0.25) is 10.0 Å². The molecule has 2 aromatic rings. The summed E-state index contributed by atoms with van der Waals surface area (Å²) in [6.45, 7) is 6.94. The van der Waals surface area contributed by atoms with Crippen LogP contribution in [0.5, 0.6) is 0 Å². The van der Waals surface area contributed by atoms with Crippen molar-refractivity contribution in [1.82, 2.24) is 10.3 Å². The van der Waals surface area contributed by atoms with E-state index in [9.17, 15) is 0 Å². The van der Waals surface area contributed by atoms with Crippen LogP contribution >= 0.6 is 23.2 Å². The Morgan fingerprint density at radius 1 is 1.26 bits per heavy atom. The highest BCUT2D eigenvalue weighted by molar-refractivity contribution is 6.43. The van der Waals surface area contributed by atoms with Crippen molar-refractivity contribution in [3.8, 4) is 11.5 Å². The van der Waals surface area contributed by atoms with Crippen LogP contribution in [0.4, 0.5) is 0 Å². The molecule has 0 aliphatic heterocycles. The summed E-state index contributed by atoms with van der Waals surface area (Å²) >= 11 is 12.1. The molecule has 0 saturated heterocycles. The second kappa shape index (κ2) is 5.53. The van der Waals surface area contributed by atoms with Gasteiger partial charge in [-0.15, -0.1) is 0 Å². The van der Waals surface area contributed by atoms with Gasteiger partial charge in [-0.3, -0.25) is 0 Å². The molecule has 102 valence electrons. The Morgan fingerprint density at radius 2 is 2.00 bits per heavy atom. The molecule has 3 nitrogen and oxygen atoms in total. The molecule has 1 aromatic heterocycles. The minimum Gasteiger partial charge on any atom is -0.444 e. The van der Waals surface area contributed by atoms with Crippen molar-refractivity contribution in [2.75, 3.05) is 0 Å². The zero-order valence-electron chi connectivity index (χ0n) is 11.1. The van der Waals surface area contributed by atoms with Crippen molar-refractivity contribution in [2.45, 2.75) is 32.9 Å². The minimum absolute atomic E-state index is 0.0345. The van der Waals surface area contributed by atoms with E-state index in [1.54, 1.807) is 12.3 Å². The van der Waals surface area contributed by atoms with E-state index < -0.39 is 0 Å². The molecule has 5 heteroatoms. The summed E-state index contributed by atoms with van der Waals surface area (Å²) in [5, 5.41) is 4.30. The third kappa shape index (κ3) is 3.72. The van der Waals surface area contributed by atoms with E-state index in [2.05, 4.69) is 31.1 Å². The van der Waals surface area contributed by atoms with Crippen molar-refractivity contribution in [2.24, 2.45) is 0 Å². The fourth-order valence-corrected chi connectivity index (χ4v) is 1.92. The maximum absolute atomic E-state index is 6.14. The molecule has 0 atom stereocenters. The summed E-state index contributed by atoms with van der Waals surface area (Å²) in [7, 11) is 0. The first kappa shape index (κ1) is 14.4. The molecule has 0 unspecified atom stereocenters. The molecule has 0 saturated carbocycles. The van der Waals surface area contributed by atoms with E-state index in [1.165, 1.54) is 0 Å². The monoisotopic (exact) mass is 298 g/mol. The summed E-state index contributed by atoms with van der Waals surface area (Å²) < 4.78 is 5.46. The second-order valence-electron chi connectivity index (χ2n) is 5.35. The summed E-state index contributed by atoms with van der Waals surface area (Å²) in [4.78, 5) is 4.41. The number of nitrogens with one attached hydrogen (secondary N) is 1. The van der Waals surface area contributed by atoms with Crippen molar-refractivity contribution < 1.29 is 4.42 Å². The second-order valence-corrected chi connectivity index (χ2v) is 6.13. The quantitative estimate of drug-likeness (QED) is 0.904. The van der Waals surface area contributed by atoms with Gasteiger partial charge in [0.25, 0.3) is 0 Å². The lowest BCUT2D eigenvalue weighted by molar-refractivity contribution is 0.421. The Hall–Kier alpha value is -1.03. The molecule has 19 heavy (non-hydrogen) atoms. The number of aromatic nitrogens is 1. The van der Waals surface area contributed by atoms with Crippen molar-refractivity contribution in [1.29, 1.82) is 0 Å². The van der Waals surface area contributed by atoms with Gasteiger partial charge in [0.15, 0.2) is 0 Å². The summed E-state index contributed by atoms with van der Waals surface area (Å²) in [5.74, 6) is 0.484. The summed E-state index contributed by atoms with van der Waals surface area (Å²) in [5.41, 5.74) is 1.57. The van der Waals surface area contributed by atoms with Gasteiger partial charge in [0.2, 0.25) is 5.89 Å². The molecule has 0 amide bonds. The predicted octanol–water partition coefficient (Wildman–Crippen LogP) is 4.54. The van der Waals surface area contributed by atoms with Crippen LogP contribution in [0.25, 0.3) is 11.5 Å². The SMILES string of the molecule is CC(C)(C)NCc1coc(-c2cccc(Cl)c2Cl)n1. The third-order valence-corrected chi connectivity index (χ3v) is 3.35. The van der Waals surface area contributed by atoms with Gasteiger partial charge in [-0.25, -0.2) is 4.98 Å². The molecule has 1 aromatic carbocycles. The Morgan fingerprint density at radius 3 is 2.68 bits per heavy atom. The highest BCUT2D eigenvalue weighted by Gasteiger charge is 2.14. The number of rotatable bonds is 3. The number of hydrogen-bond donors (Lipinski definition) is 1. The van der Waals surface area contributed by atoms with Crippen molar-refractivity contribution in [3.63, 3.8) is 0 Å². The van der Waals surface area contributed by atoms with Crippen molar-refractivity contribution in [3.05, 3.63) is 40.2 Å². The first-order chi connectivity index (χ1) is 8.87. The predicted molar refractivity (Wildman–Crippen MR) is 78.6 cm³/mol. The number of hydrogen-bond acceptors (Lipinski definition) is 3. The molecule has 0 spiro atoms. The van der Waals surface area contributed by atoms with E-state index >= 15 is 0 Å². The molecule has 0 fully saturated rings. The van der Waals surface area contributed by atoms with E-state index in [4.69, 9.17) is 27.6 Å². The van der Waals surface area contributed by atoms with Gasteiger partial charge in [0, 0.05) is 12.1 Å². The fraction of sp³-hybridized carbons (Fsp3) is 0.357. The average Bonchev–Trinajstić information content (AvgIpc) is 2.78. The average molecular weight is 299 g/mol. The largest absolute Gasteiger partial charge is 0.444 e. The molecule has 1 N–H and O–H groups in total. The zero-order valence-corrected chi connectivity index (χ0v) is 12.6. The van der Waals surface area contributed by atoms with Crippen LogP contribution in [0, 0.1) is 0 Å². The fourth-order valence-electron chi connectivity index (χ4n) is 1.54. The Kier molecular flexibility index (Phi) is 4.19. The zero-order chi connectivity index (χ0) is 14.0. The van der Waals surface area contributed by atoms with Crippen LogP contribution in [-0.2, 0) is 6.54 Å². The lowest BCUT2D eigenvalue weighted by Gasteiger charge is -2.19. The van der Waals surface area contributed by atoms with Gasteiger partial charge in [-0.2, -0.15) is 0 Å². The number of oxazole rings is 1. The molecule has 0 aliphatic carbocycles. The van der Waals surface area contributed by atoms with Gasteiger partial charge in [0.1, 0.15) is 6.26 Å². The van der Waals surface area contributed by atoms with Crippen LogP contribution < -0.4 is 5.32 Å². The Balaban J connectivity index is 2.19. The third-order valence-electron chi connectivity index (χ3n) is 2.53. The van der Waals surface area contributed by atoms with E-state index in [-0.39, 0.29) is 5.54 Å². The van der Waals surface area contributed by atoms with Gasteiger partial charge in [-0.05, 0) is 32.9 Å². The van der Waals surface area contributed by atoms with E-state index in [1.807, 2.05) is 12.1 Å². The maximum atomic E-state index is 6.14. The molecule has 1 heterocycles. The van der Waals surface area contributed by atoms with Crippen LogP contribution in [0.1, 0.15) is 26.5 Å².